The molecule has 0 saturated heterocycles. The van der Waals surface area contributed by atoms with E-state index in [1.807, 2.05) is 0 Å². The van der Waals surface area contributed by atoms with Crippen LogP contribution in [0.3, 0.4) is 0 Å². The number of amides is 1. The lowest BCUT2D eigenvalue weighted by atomic mass is 10.2. The number of esters is 1. The number of nitrogens with one attached hydrogen (secondary N) is 1. The summed E-state index contributed by atoms with van der Waals surface area (Å²) >= 11 is 4.62. The second kappa shape index (κ2) is 7.20. The van der Waals surface area contributed by atoms with E-state index in [4.69, 9.17) is 9.47 Å². The highest BCUT2D eigenvalue weighted by Crippen LogP contribution is 2.29. The topological polar surface area (TPSA) is 77.5 Å². The molecule has 0 bridgehead atoms. The highest BCUT2D eigenvalue weighted by Gasteiger charge is 2.16. The summed E-state index contributed by atoms with van der Waals surface area (Å²) in [4.78, 5) is 28.5. The van der Waals surface area contributed by atoms with E-state index in [9.17, 15) is 9.59 Å². The van der Waals surface area contributed by atoms with E-state index in [0.717, 1.165) is 9.17 Å². The van der Waals surface area contributed by atoms with Crippen LogP contribution in [-0.4, -0.2) is 31.1 Å². The van der Waals surface area contributed by atoms with Crippen molar-refractivity contribution in [3.8, 4) is 5.75 Å². The minimum absolute atomic E-state index is 0.328. The van der Waals surface area contributed by atoms with Crippen molar-refractivity contribution in [2.45, 2.75) is 0 Å². The lowest BCUT2D eigenvalue weighted by Gasteiger charge is -2.08. The van der Waals surface area contributed by atoms with Gasteiger partial charge in [0.25, 0.3) is 5.91 Å². The summed E-state index contributed by atoms with van der Waals surface area (Å²) in [6, 6.07) is 10.2. The van der Waals surface area contributed by atoms with E-state index in [2.05, 4.69) is 26.2 Å². The quantitative estimate of drug-likeness (QED) is 0.642. The van der Waals surface area contributed by atoms with Crippen molar-refractivity contribution in [3.05, 3.63) is 52.0 Å². The summed E-state index contributed by atoms with van der Waals surface area (Å²) in [5, 5.41) is 3.20. The molecule has 8 heteroatoms. The molecule has 0 fully saturated rings. The highest BCUT2D eigenvalue weighted by molar-refractivity contribution is 9.10. The molecular weight excluding hydrogens is 408 g/mol. The summed E-state index contributed by atoms with van der Waals surface area (Å²) in [6.45, 7) is 0. The third kappa shape index (κ3) is 3.64. The molecule has 1 aromatic heterocycles. The number of hydrogen-bond acceptors (Lipinski definition) is 6. The molecule has 0 aliphatic carbocycles. The summed E-state index contributed by atoms with van der Waals surface area (Å²) in [5.41, 5.74) is 1.52. The van der Waals surface area contributed by atoms with Gasteiger partial charge in [0.15, 0.2) is 5.13 Å². The molecule has 2 aromatic carbocycles. The van der Waals surface area contributed by atoms with Gasteiger partial charge in [0, 0.05) is 4.47 Å². The second-order valence-corrected chi connectivity index (χ2v) is 6.94. The van der Waals surface area contributed by atoms with Crippen LogP contribution in [0.4, 0.5) is 5.13 Å². The van der Waals surface area contributed by atoms with Gasteiger partial charge in [-0.1, -0.05) is 27.3 Å². The van der Waals surface area contributed by atoms with E-state index < -0.39 is 5.97 Å². The third-order valence-corrected chi connectivity index (χ3v) is 4.86. The average molecular weight is 421 g/mol. The number of methoxy groups -OCH3 is 2. The van der Waals surface area contributed by atoms with Crippen LogP contribution in [0.25, 0.3) is 10.2 Å². The predicted molar refractivity (Wildman–Crippen MR) is 99.6 cm³/mol. The number of carbonyl (C=O) groups excluding carboxylic acids is 2. The maximum atomic E-state index is 12.5. The summed E-state index contributed by atoms with van der Waals surface area (Å²) in [5.74, 6) is -0.278. The number of benzene rings is 2. The van der Waals surface area contributed by atoms with Gasteiger partial charge in [-0.05, 0) is 36.4 Å². The van der Waals surface area contributed by atoms with Crippen molar-refractivity contribution in [2.24, 2.45) is 0 Å². The van der Waals surface area contributed by atoms with Crippen LogP contribution >= 0.6 is 27.3 Å². The lowest BCUT2D eigenvalue weighted by molar-refractivity contribution is 0.0601. The average Bonchev–Trinajstić information content (AvgIpc) is 3.02. The molecule has 0 aliphatic rings. The largest absolute Gasteiger partial charge is 0.496 e. The predicted octanol–water partition coefficient (Wildman–Crippen LogP) is 4.11. The molecule has 0 unspecified atom stereocenters. The Morgan fingerprint density at radius 1 is 1.16 bits per heavy atom. The SMILES string of the molecule is COC(=O)c1ccc2nc(NC(=O)c3cc(Br)ccc3OC)sc2c1. The fourth-order valence-corrected chi connectivity index (χ4v) is 3.51. The van der Waals surface area contributed by atoms with Gasteiger partial charge in [-0.15, -0.1) is 0 Å². The Labute approximate surface area is 155 Å². The number of anilines is 1. The Morgan fingerprint density at radius 2 is 1.96 bits per heavy atom. The summed E-state index contributed by atoms with van der Waals surface area (Å²) in [6.07, 6.45) is 0. The fraction of sp³-hybridized carbons (Fsp3) is 0.118. The first-order valence-corrected chi connectivity index (χ1v) is 8.76. The van der Waals surface area contributed by atoms with Crippen LogP contribution in [-0.2, 0) is 4.74 Å². The molecule has 0 saturated carbocycles. The van der Waals surface area contributed by atoms with Crippen molar-refractivity contribution in [3.63, 3.8) is 0 Å². The first-order chi connectivity index (χ1) is 12.0. The molecule has 25 heavy (non-hydrogen) atoms. The van der Waals surface area contributed by atoms with Crippen LogP contribution < -0.4 is 10.1 Å². The standard InChI is InChI=1S/C17H13BrN2O4S/c1-23-13-6-4-10(18)8-11(13)15(21)20-17-19-12-5-3-9(16(22)24-2)7-14(12)25-17/h3-8H,1-2H3,(H,19,20,21). The molecule has 1 amide bonds. The van der Waals surface area contributed by atoms with Crippen LogP contribution in [0.15, 0.2) is 40.9 Å². The molecule has 0 radical (unpaired) electrons. The molecule has 1 N–H and O–H groups in total. The van der Waals surface area contributed by atoms with Crippen molar-refractivity contribution >= 4 is 54.5 Å². The van der Waals surface area contributed by atoms with E-state index in [0.29, 0.717) is 27.5 Å². The maximum Gasteiger partial charge on any atom is 0.337 e. The number of thiazole rings is 1. The highest BCUT2D eigenvalue weighted by atomic mass is 79.9. The number of aromatic nitrogens is 1. The first kappa shape index (κ1) is 17.4. The van der Waals surface area contributed by atoms with Gasteiger partial charge in [0.1, 0.15) is 5.75 Å². The van der Waals surface area contributed by atoms with Crippen molar-refractivity contribution in [1.82, 2.24) is 4.98 Å². The number of halogens is 1. The zero-order valence-corrected chi connectivity index (χ0v) is 15.7. The number of nitrogens with zero attached hydrogens (tertiary/aromatic N) is 1. The van der Waals surface area contributed by atoms with Crippen LogP contribution in [0, 0.1) is 0 Å². The minimum atomic E-state index is -0.417. The summed E-state index contributed by atoms with van der Waals surface area (Å²) in [7, 11) is 2.84. The van der Waals surface area contributed by atoms with Crippen molar-refractivity contribution in [1.29, 1.82) is 0 Å². The Morgan fingerprint density at radius 3 is 2.68 bits per heavy atom. The van der Waals surface area contributed by atoms with Crippen LogP contribution in [0.2, 0.25) is 0 Å². The number of carbonyl (C=O) groups is 2. The van der Waals surface area contributed by atoms with Gasteiger partial charge in [-0.3, -0.25) is 10.1 Å². The van der Waals surface area contributed by atoms with Crippen LogP contribution in [0.1, 0.15) is 20.7 Å². The smallest absolute Gasteiger partial charge is 0.337 e. The lowest BCUT2D eigenvalue weighted by Crippen LogP contribution is -2.13. The fourth-order valence-electron chi connectivity index (χ4n) is 2.25. The van der Waals surface area contributed by atoms with Crippen molar-refractivity contribution < 1.29 is 19.1 Å². The number of ether oxygens (including phenoxy) is 2. The Hall–Kier alpha value is -2.45. The van der Waals surface area contributed by atoms with Gasteiger partial charge in [-0.25, -0.2) is 9.78 Å². The zero-order valence-electron chi connectivity index (χ0n) is 13.3. The third-order valence-electron chi connectivity index (χ3n) is 3.44. The molecule has 6 nitrogen and oxygen atoms in total. The Kier molecular flexibility index (Phi) is 5.00. The van der Waals surface area contributed by atoms with E-state index >= 15 is 0 Å². The maximum absolute atomic E-state index is 12.5. The van der Waals surface area contributed by atoms with E-state index in [-0.39, 0.29) is 5.91 Å². The number of fused-ring (bicyclic) bond motifs is 1. The number of hydrogen-bond donors (Lipinski definition) is 1. The van der Waals surface area contributed by atoms with Gasteiger partial charge in [0.05, 0.1) is 35.6 Å². The van der Waals surface area contributed by atoms with Gasteiger partial charge < -0.3 is 9.47 Å². The minimum Gasteiger partial charge on any atom is -0.496 e. The molecular formula is C17H13BrN2O4S. The summed E-state index contributed by atoms with van der Waals surface area (Å²) < 4.78 is 11.5. The monoisotopic (exact) mass is 420 g/mol. The molecule has 3 rings (SSSR count). The van der Waals surface area contributed by atoms with Crippen LogP contribution in [0.5, 0.6) is 5.75 Å². The second-order valence-electron chi connectivity index (χ2n) is 4.99. The van der Waals surface area contributed by atoms with Crippen molar-refractivity contribution in [2.75, 3.05) is 19.5 Å². The Balaban J connectivity index is 1.89. The van der Waals surface area contributed by atoms with E-state index in [1.165, 1.54) is 25.6 Å². The molecule has 3 aromatic rings. The van der Waals surface area contributed by atoms with Gasteiger partial charge >= 0.3 is 5.97 Å². The first-order valence-electron chi connectivity index (χ1n) is 7.15. The molecule has 128 valence electrons. The molecule has 0 aliphatic heterocycles. The molecule has 1 heterocycles. The van der Waals surface area contributed by atoms with Gasteiger partial charge in [0.2, 0.25) is 0 Å². The number of rotatable bonds is 4. The molecule has 0 spiro atoms. The van der Waals surface area contributed by atoms with Gasteiger partial charge in [-0.2, -0.15) is 0 Å². The Bertz CT molecular complexity index is 970. The van der Waals surface area contributed by atoms with E-state index in [1.54, 1.807) is 36.4 Å². The normalized spacial score (nSPS) is 10.5. The zero-order chi connectivity index (χ0) is 18.0. The molecule has 0 atom stereocenters.